The van der Waals surface area contributed by atoms with Gasteiger partial charge in [-0.1, -0.05) is 17.7 Å². The van der Waals surface area contributed by atoms with Crippen LogP contribution in [-0.2, 0) is 6.61 Å². The lowest BCUT2D eigenvalue weighted by atomic mass is 10.2. The van der Waals surface area contributed by atoms with E-state index in [2.05, 4.69) is 0 Å². The second-order valence-electron chi connectivity index (χ2n) is 3.95. The molecule has 4 heteroatoms. The first-order valence-corrected chi connectivity index (χ1v) is 5.77. The molecule has 0 saturated heterocycles. The Balaban J connectivity index is 2.06. The largest absolute Gasteiger partial charge is 0.489 e. The van der Waals surface area contributed by atoms with Crippen molar-refractivity contribution < 1.29 is 13.5 Å². The Labute approximate surface area is 109 Å². The van der Waals surface area contributed by atoms with E-state index in [-0.39, 0.29) is 17.4 Å². The molecule has 0 aliphatic carbocycles. The van der Waals surface area contributed by atoms with E-state index in [1.54, 1.807) is 19.1 Å². The number of hydrogen-bond donors (Lipinski definition) is 0. The molecule has 0 unspecified atom stereocenters. The summed E-state index contributed by atoms with van der Waals surface area (Å²) in [7, 11) is 0. The van der Waals surface area contributed by atoms with E-state index in [9.17, 15) is 8.78 Å². The third kappa shape index (κ3) is 2.99. The zero-order chi connectivity index (χ0) is 13.1. The number of rotatable bonds is 3. The highest BCUT2D eigenvalue weighted by Crippen LogP contribution is 2.19. The Morgan fingerprint density at radius 3 is 2.50 bits per heavy atom. The van der Waals surface area contributed by atoms with Gasteiger partial charge in [0.05, 0.1) is 5.02 Å². The highest BCUT2D eigenvalue weighted by Gasteiger charge is 2.03. The van der Waals surface area contributed by atoms with Crippen molar-refractivity contribution in [2.24, 2.45) is 0 Å². The lowest BCUT2D eigenvalue weighted by Gasteiger charge is -2.08. The number of aryl methyl sites for hydroxylation is 1. The maximum Gasteiger partial charge on any atom is 0.142 e. The van der Waals surface area contributed by atoms with E-state index in [4.69, 9.17) is 16.3 Å². The fourth-order valence-electron chi connectivity index (χ4n) is 1.50. The summed E-state index contributed by atoms with van der Waals surface area (Å²) >= 11 is 5.58. The summed E-state index contributed by atoms with van der Waals surface area (Å²) in [5.74, 6) is -0.211. The average Bonchev–Trinajstić information content (AvgIpc) is 2.35. The highest BCUT2D eigenvalue weighted by atomic mass is 35.5. The Morgan fingerprint density at radius 1 is 1.06 bits per heavy atom. The molecule has 0 bridgehead atoms. The Hall–Kier alpha value is -1.61. The summed E-state index contributed by atoms with van der Waals surface area (Å²) < 4.78 is 31.7. The van der Waals surface area contributed by atoms with Gasteiger partial charge < -0.3 is 4.74 Å². The van der Waals surface area contributed by atoms with E-state index in [0.717, 1.165) is 0 Å². The number of hydrogen-bond acceptors (Lipinski definition) is 1. The van der Waals surface area contributed by atoms with Crippen LogP contribution < -0.4 is 4.74 Å². The first-order chi connectivity index (χ1) is 8.56. The van der Waals surface area contributed by atoms with Gasteiger partial charge in [-0.25, -0.2) is 8.78 Å². The zero-order valence-corrected chi connectivity index (χ0v) is 10.5. The van der Waals surface area contributed by atoms with Crippen LogP contribution >= 0.6 is 11.6 Å². The highest BCUT2D eigenvalue weighted by molar-refractivity contribution is 6.30. The molecule has 2 aromatic rings. The van der Waals surface area contributed by atoms with E-state index < -0.39 is 5.82 Å². The molecule has 18 heavy (non-hydrogen) atoms. The third-order valence-corrected chi connectivity index (χ3v) is 2.83. The molecule has 0 heterocycles. The monoisotopic (exact) mass is 268 g/mol. The Morgan fingerprint density at radius 2 is 1.83 bits per heavy atom. The summed E-state index contributed by atoms with van der Waals surface area (Å²) in [5, 5.41) is 0.0800. The fourth-order valence-corrected chi connectivity index (χ4v) is 1.62. The zero-order valence-electron chi connectivity index (χ0n) is 9.71. The van der Waals surface area contributed by atoms with Crippen molar-refractivity contribution in [3.05, 3.63) is 64.2 Å². The molecule has 0 aliphatic heterocycles. The van der Waals surface area contributed by atoms with Gasteiger partial charge >= 0.3 is 0 Å². The van der Waals surface area contributed by atoms with Crippen LogP contribution in [0.1, 0.15) is 11.1 Å². The van der Waals surface area contributed by atoms with Crippen molar-refractivity contribution in [2.45, 2.75) is 13.5 Å². The third-order valence-electron chi connectivity index (χ3n) is 2.52. The predicted octanol–water partition coefficient (Wildman–Crippen LogP) is 4.51. The first-order valence-electron chi connectivity index (χ1n) is 5.39. The van der Waals surface area contributed by atoms with Crippen LogP contribution in [0.25, 0.3) is 0 Å². The van der Waals surface area contributed by atoms with Crippen LogP contribution in [0.5, 0.6) is 5.75 Å². The first kappa shape index (κ1) is 12.8. The molecular weight excluding hydrogens is 258 g/mol. The quantitative estimate of drug-likeness (QED) is 0.796. The SMILES string of the molecule is Cc1cc(OCc2ccc(Cl)c(F)c2)ccc1F. The van der Waals surface area contributed by atoms with Crippen molar-refractivity contribution in [1.29, 1.82) is 0 Å². The van der Waals surface area contributed by atoms with Gasteiger partial charge in [0.15, 0.2) is 0 Å². The van der Waals surface area contributed by atoms with Crippen LogP contribution in [0.2, 0.25) is 5.02 Å². The van der Waals surface area contributed by atoms with E-state index in [1.165, 1.54) is 24.3 Å². The smallest absolute Gasteiger partial charge is 0.142 e. The molecule has 0 radical (unpaired) electrons. The molecular formula is C14H11ClF2O. The van der Waals surface area contributed by atoms with E-state index >= 15 is 0 Å². The van der Waals surface area contributed by atoms with Gasteiger partial charge in [0.1, 0.15) is 24.0 Å². The topological polar surface area (TPSA) is 9.23 Å². The lowest BCUT2D eigenvalue weighted by molar-refractivity contribution is 0.305. The van der Waals surface area contributed by atoms with Crippen molar-refractivity contribution in [3.8, 4) is 5.75 Å². The molecule has 2 aromatic carbocycles. The standard InChI is InChI=1S/C14H11ClF2O/c1-9-6-11(3-5-13(9)16)18-8-10-2-4-12(15)14(17)7-10/h2-7H,8H2,1H3. The van der Waals surface area contributed by atoms with Gasteiger partial charge in [-0.2, -0.15) is 0 Å². The second-order valence-corrected chi connectivity index (χ2v) is 4.36. The van der Waals surface area contributed by atoms with Gasteiger partial charge in [0.25, 0.3) is 0 Å². The van der Waals surface area contributed by atoms with Crippen molar-refractivity contribution in [3.63, 3.8) is 0 Å². The minimum absolute atomic E-state index is 0.0800. The minimum Gasteiger partial charge on any atom is -0.489 e. The van der Waals surface area contributed by atoms with Gasteiger partial charge in [-0.15, -0.1) is 0 Å². The molecule has 94 valence electrons. The second kappa shape index (κ2) is 5.36. The normalized spacial score (nSPS) is 10.4. The molecule has 0 saturated carbocycles. The van der Waals surface area contributed by atoms with Gasteiger partial charge in [-0.3, -0.25) is 0 Å². The maximum atomic E-state index is 13.2. The molecule has 0 aliphatic rings. The summed E-state index contributed by atoms with van der Waals surface area (Å²) in [4.78, 5) is 0. The predicted molar refractivity (Wildman–Crippen MR) is 66.9 cm³/mol. The fraction of sp³-hybridized carbons (Fsp3) is 0.143. The van der Waals surface area contributed by atoms with Crippen molar-refractivity contribution >= 4 is 11.6 Å². The van der Waals surface area contributed by atoms with Crippen molar-refractivity contribution in [1.82, 2.24) is 0 Å². The molecule has 1 nitrogen and oxygen atoms in total. The van der Waals surface area contributed by atoms with Crippen LogP contribution in [0, 0.1) is 18.6 Å². The van der Waals surface area contributed by atoms with E-state index in [1.807, 2.05) is 0 Å². The molecule has 0 fully saturated rings. The maximum absolute atomic E-state index is 13.2. The Bertz CT molecular complexity index is 518. The van der Waals surface area contributed by atoms with Crippen LogP contribution in [0.3, 0.4) is 0 Å². The number of halogens is 3. The summed E-state index contributed by atoms with van der Waals surface area (Å²) in [6.45, 7) is 1.86. The molecule has 0 atom stereocenters. The van der Waals surface area contributed by atoms with Gasteiger partial charge in [-0.05, 0) is 48.4 Å². The number of ether oxygens (including phenoxy) is 1. The van der Waals surface area contributed by atoms with Gasteiger partial charge in [0, 0.05) is 0 Å². The molecule has 2 rings (SSSR count). The summed E-state index contributed by atoms with van der Waals surface area (Å²) in [6, 6.07) is 8.95. The average molecular weight is 269 g/mol. The summed E-state index contributed by atoms with van der Waals surface area (Å²) in [6.07, 6.45) is 0. The molecule has 0 N–H and O–H groups in total. The van der Waals surface area contributed by atoms with E-state index in [0.29, 0.717) is 16.9 Å². The molecule has 0 amide bonds. The molecule has 0 aromatic heterocycles. The van der Waals surface area contributed by atoms with Crippen LogP contribution in [0.15, 0.2) is 36.4 Å². The number of benzene rings is 2. The van der Waals surface area contributed by atoms with Crippen LogP contribution in [-0.4, -0.2) is 0 Å². The summed E-state index contributed by atoms with van der Waals surface area (Å²) in [5.41, 5.74) is 1.17. The molecule has 0 spiro atoms. The van der Waals surface area contributed by atoms with Gasteiger partial charge in [0.2, 0.25) is 0 Å². The van der Waals surface area contributed by atoms with Crippen LogP contribution in [0.4, 0.5) is 8.78 Å². The minimum atomic E-state index is -0.479. The Kier molecular flexibility index (Phi) is 3.82. The van der Waals surface area contributed by atoms with Crippen molar-refractivity contribution in [2.75, 3.05) is 0 Å². The lowest BCUT2D eigenvalue weighted by Crippen LogP contribution is -1.97.